The van der Waals surface area contributed by atoms with E-state index in [2.05, 4.69) is 19.9 Å². The van der Waals surface area contributed by atoms with Crippen molar-refractivity contribution in [3.05, 3.63) is 46.5 Å². The van der Waals surface area contributed by atoms with Gasteiger partial charge in [-0.25, -0.2) is 0 Å². The molecule has 0 aromatic heterocycles. The molecule has 1 rings (SSSR count). The number of hydrogen-bond acceptors (Lipinski definition) is 1. The summed E-state index contributed by atoms with van der Waals surface area (Å²) in [6, 6.07) is 7.75. The summed E-state index contributed by atoms with van der Waals surface area (Å²) in [4.78, 5) is 0.550. The lowest BCUT2D eigenvalue weighted by Crippen LogP contribution is -2.19. The Bertz CT molecular complexity index is 405. The van der Waals surface area contributed by atoms with Gasteiger partial charge in [-0.1, -0.05) is 47.6 Å². The van der Waals surface area contributed by atoms with Crippen molar-refractivity contribution in [2.24, 2.45) is 5.73 Å². The SMILES string of the molecule is CC(C)=CCCC(C(N)=S)c1ccc(Cl)cc1. The minimum atomic E-state index is 0.137. The van der Waals surface area contributed by atoms with E-state index in [1.165, 1.54) is 5.57 Å². The number of hydrogen-bond donors (Lipinski definition) is 1. The summed E-state index contributed by atoms with van der Waals surface area (Å²) in [5, 5.41) is 0.736. The van der Waals surface area contributed by atoms with Gasteiger partial charge in [-0.3, -0.25) is 0 Å². The van der Waals surface area contributed by atoms with E-state index >= 15 is 0 Å². The van der Waals surface area contributed by atoms with Crippen molar-refractivity contribution in [2.75, 3.05) is 0 Å². The summed E-state index contributed by atoms with van der Waals surface area (Å²) in [5.41, 5.74) is 8.27. The molecule has 3 heteroatoms. The van der Waals surface area contributed by atoms with E-state index in [0.29, 0.717) is 4.99 Å². The van der Waals surface area contributed by atoms with Gasteiger partial charge in [0.1, 0.15) is 0 Å². The Hall–Kier alpha value is -0.860. The van der Waals surface area contributed by atoms with E-state index < -0.39 is 0 Å². The van der Waals surface area contributed by atoms with Crippen LogP contribution in [-0.4, -0.2) is 4.99 Å². The molecule has 0 bridgehead atoms. The maximum Gasteiger partial charge on any atom is 0.0803 e. The smallest absolute Gasteiger partial charge is 0.0803 e. The second-order valence-corrected chi connectivity index (χ2v) is 5.27. The minimum Gasteiger partial charge on any atom is -0.393 e. The van der Waals surface area contributed by atoms with Crippen molar-refractivity contribution in [1.82, 2.24) is 0 Å². The molecule has 0 saturated carbocycles. The summed E-state index contributed by atoms with van der Waals surface area (Å²) in [7, 11) is 0. The molecule has 1 unspecified atom stereocenters. The number of nitrogens with two attached hydrogens (primary N) is 1. The Morgan fingerprint density at radius 2 is 1.94 bits per heavy atom. The van der Waals surface area contributed by atoms with Gasteiger partial charge in [-0.05, 0) is 44.4 Å². The van der Waals surface area contributed by atoms with Crippen molar-refractivity contribution >= 4 is 28.8 Å². The van der Waals surface area contributed by atoms with Gasteiger partial charge in [0, 0.05) is 10.9 Å². The zero-order chi connectivity index (χ0) is 12.8. The Balaban J connectivity index is 2.76. The highest BCUT2D eigenvalue weighted by Crippen LogP contribution is 2.23. The lowest BCUT2D eigenvalue weighted by molar-refractivity contribution is 0.782. The highest BCUT2D eigenvalue weighted by Gasteiger charge is 2.13. The Labute approximate surface area is 114 Å². The van der Waals surface area contributed by atoms with Crippen LogP contribution in [0.5, 0.6) is 0 Å². The predicted molar refractivity (Wildman–Crippen MR) is 79.6 cm³/mol. The van der Waals surface area contributed by atoms with Crippen molar-refractivity contribution in [3.8, 4) is 0 Å². The molecule has 1 nitrogen and oxygen atoms in total. The first-order chi connectivity index (χ1) is 8.00. The molecule has 0 aliphatic heterocycles. The van der Waals surface area contributed by atoms with E-state index in [1.807, 2.05) is 24.3 Å². The fourth-order valence-electron chi connectivity index (χ4n) is 1.71. The highest BCUT2D eigenvalue weighted by atomic mass is 35.5. The van der Waals surface area contributed by atoms with E-state index in [4.69, 9.17) is 29.6 Å². The lowest BCUT2D eigenvalue weighted by Gasteiger charge is -2.15. The van der Waals surface area contributed by atoms with Crippen LogP contribution in [0, 0.1) is 0 Å². The average molecular weight is 268 g/mol. The van der Waals surface area contributed by atoms with Gasteiger partial charge < -0.3 is 5.73 Å². The van der Waals surface area contributed by atoms with Crippen LogP contribution in [-0.2, 0) is 0 Å². The van der Waals surface area contributed by atoms with E-state index in [1.54, 1.807) is 0 Å². The van der Waals surface area contributed by atoms with Crippen LogP contribution in [0.3, 0.4) is 0 Å². The number of benzene rings is 1. The Morgan fingerprint density at radius 3 is 2.41 bits per heavy atom. The zero-order valence-corrected chi connectivity index (χ0v) is 11.8. The van der Waals surface area contributed by atoms with E-state index in [0.717, 1.165) is 23.4 Å². The Morgan fingerprint density at radius 1 is 1.35 bits per heavy atom. The number of halogens is 1. The van der Waals surface area contributed by atoms with Crippen LogP contribution >= 0.6 is 23.8 Å². The molecule has 0 fully saturated rings. The second kappa shape index (κ2) is 6.77. The molecule has 1 atom stereocenters. The molecule has 0 radical (unpaired) electrons. The van der Waals surface area contributed by atoms with Gasteiger partial charge in [0.2, 0.25) is 0 Å². The number of rotatable bonds is 5. The monoisotopic (exact) mass is 267 g/mol. The van der Waals surface area contributed by atoms with Crippen molar-refractivity contribution in [2.45, 2.75) is 32.6 Å². The quantitative estimate of drug-likeness (QED) is 0.630. The molecule has 1 aromatic rings. The van der Waals surface area contributed by atoms with E-state index in [-0.39, 0.29) is 5.92 Å². The summed E-state index contributed by atoms with van der Waals surface area (Å²) in [6.45, 7) is 4.19. The second-order valence-electron chi connectivity index (χ2n) is 4.37. The molecule has 0 heterocycles. The fraction of sp³-hybridized carbons (Fsp3) is 0.357. The van der Waals surface area contributed by atoms with Gasteiger partial charge in [-0.15, -0.1) is 0 Å². The normalized spacial score (nSPS) is 11.9. The first-order valence-corrected chi connectivity index (χ1v) is 6.47. The average Bonchev–Trinajstić information content (AvgIpc) is 2.25. The van der Waals surface area contributed by atoms with Crippen LogP contribution in [0.2, 0.25) is 5.02 Å². The number of allylic oxidation sites excluding steroid dienone is 2. The molecule has 0 aliphatic carbocycles. The van der Waals surface area contributed by atoms with Crippen LogP contribution < -0.4 is 5.73 Å². The molecule has 0 amide bonds. The number of thiocarbonyl (C=S) groups is 1. The first-order valence-electron chi connectivity index (χ1n) is 5.69. The van der Waals surface area contributed by atoms with Gasteiger partial charge in [-0.2, -0.15) is 0 Å². The molecule has 17 heavy (non-hydrogen) atoms. The molecular formula is C14H18ClNS. The van der Waals surface area contributed by atoms with Gasteiger partial charge in [0.15, 0.2) is 0 Å². The highest BCUT2D eigenvalue weighted by molar-refractivity contribution is 7.80. The summed E-state index contributed by atoms with van der Waals surface area (Å²) in [5.74, 6) is 0.137. The maximum atomic E-state index is 5.87. The molecule has 0 saturated heterocycles. The summed E-state index contributed by atoms with van der Waals surface area (Å²) >= 11 is 11.0. The third kappa shape index (κ3) is 4.88. The first kappa shape index (κ1) is 14.2. The molecule has 92 valence electrons. The summed E-state index contributed by atoms with van der Waals surface area (Å²) in [6.07, 6.45) is 4.15. The van der Waals surface area contributed by atoms with Crippen LogP contribution in [0.4, 0.5) is 0 Å². The third-order valence-corrected chi connectivity index (χ3v) is 3.16. The minimum absolute atomic E-state index is 0.137. The topological polar surface area (TPSA) is 26.0 Å². The van der Waals surface area contributed by atoms with Crippen molar-refractivity contribution in [1.29, 1.82) is 0 Å². The van der Waals surface area contributed by atoms with Gasteiger partial charge in [0.05, 0.1) is 4.99 Å². The van der Waals surface area contributed by atoms with Crippen molar-refractivity contribution in [3.63, 3.8) is 0 Å². The standard InChI is InChI=1S/C14H18ClNS/c1-10(2)4-3-5-13(14(16)17)11-6-8-12(15)9-7-11/h4,6-9,13H,3,5H2,1-2H3,(H2,16,17). The maximum absolute atomic E-state index is 5.87. The van der Waals surface area contributed by atoms with Gasteiger partial charge in [0.25, 0.3) is 0 Å². The largest absolute Gasteiger partial charge is 0.393 e. The molecule has 0 aliphatic rings. The van der Waals surface area contributed by atoms with E-state index in [9.17, 15) is 0 Å². The zero-order valence-electron chi connectivity index (χ0n) is 10.2. The molecular weight excluding hydrogens is 250 g/mol. The van der Waals surface area contributed by atoms with Crippen LogP contribution in [0.25, 0.3) is 0 Å². The van der Waals surface area contributed by atoms with Crippen LogP contribution in [0.1, 0.15) is 38.2 Å². The molecule has 0 spiro atoms. The Kier molecular flexibility index (Phi) is 5.66. The molecule has 1 aromatic carbocycles. The lowest BCUT2D eigenvalue weighted by atomic mass is 9.94. The van der Waals surface area contributed by atoms with Crippen molar-refractivity contribution < 1.29 is 0 Å². The summed E-state index contributed by atoms with van der Waals surface area (Å²) < 4.78 is 0. The van der Waals surface area contributed by atoms with Gasteiger partial charge >= 0.3 is 0 Å². The third-order valence-electron chi connectivity index (χ3n) is 2.62. The van der Waals surface area contributed by atoms with Crippen LogP contribution in [0.15, 0.2) is 35.9 Å². The fourth-order valence-corrected chi connectivity index (χ4v) is 2.09. The molecule has 2 N–H and O–H groups in total. The predicted octanol–water partition coefficient (Wildman–Crippen LogP) is 4.46.